The first-order valence-corrected chi connectivity index (χ1v) is 10.3. The number of hydrogen-bond acceptors (Lipinski definition) is 3. The van der Waals surface area contributed by atoms with Crippen LogP contribution in [0.4, 0.5) is 5.69 Å². The molecule has 1 aliphatic rings. The third-order valence-corrected chi connectivity index (χ3v) is 6.73. The van der Waals surface area contributed by atoms with Crippen LogP contribution in [0.3, 0.4) is 0 Å². The van der Waals surface area contributed by atoms with Crippen LogP contribution in [0.1, 0.15) is 62.8 Å². The van der Waals surface area contributed by atoms with Gasteiger partial charge in [0.25, 0.3) is 0 Å². The zero-order valence-electron chi connectivity index (χ0n) is 16.8. The van der Waals surface area contributed by atoms with Crippen molar-refractivity contribution in [2.24, 2.45) is 0 Å². The number of fused-ring (bicyclic) bond motifs is 1. The zero-order chi connectivity index (χ0) is 19.8. The minimum absolute atomic E-state index is 0.0578. The lowest BCUT2D eigenvalue weighted by Gasteiger charge is -2.42. The molecule has 0 unspecified atom stereocenters. The number of carbonyl (C=O) groups is 1. The van der Waals surface area contributed by atoms with Gasteiger partial charge in [0.1, 0.15) is 0 Å². The van der Waals surface area contributed by atoms with Crippen LogP contribution in [0.15, 0.2) is 41.3 Å². The fourth-order valence-corrected chi connectivity index (χ4v) is 4.55. The molecule has 3 nitrogen and oxygen atoms in total. The first kappa shape index (κ1) is 19.8. The summed E-state index contributed by atoms with van der Waals surface area (Å²) in [5, 5.41) is 8.88. The van der Waals surface area contributed by atoms with Gasteiger partial charge >= 0.3 is 5.97 Å². The van der Waals surface area contributed by atoms with Gasteiger partial charge in [0.05, 0.1) is 6.42 Å². The molecule has 0 saturated heterocycles. The maximum atomic E-state index is 10.8. The Balaban J connectivity index is 1.81. The second-order valence-electron chi connectivity index (χ2n) is 8.90. The molecule has 4 heteroatoms. The van der Waals surface area contributed by atoms with Crippen LogP contribution in [-0.4, -0.2) is 11.1 Å². The lowest BCUT2D eigenvalue weighted by atomic mass is 9.63. The average Bonchev–Trinajstić information content (AvgIpc) is 2.58. The summed E-state index contributed by atoms with van der Waals surface area (Å²) in [6, 6.07) is 12.3. The fraction of sp³-hybridized carbons (Fsp3) is 0.435. The van der Waals surface area contributed by atoms with Crippen molar-refractivity contribution < 1.29 is 9.90 Å². The number of aliphatic carboxylic acids is 1. The van der Waals surface area contributed by atoms with Crippen molar-refractivity contribution >= 4 is 23.6 Å². The van der Waals surface area contributed by atoms with Gasteiger partial charge in [0.15, 0.2) is 0 Å². The van der Waals surface area contributed by atoms with Crippen LogP contribution in [0.5, 0.6) is 0 Å². The highest BCUT2D eigenvalue weighted by molar-refractivity contribution is 8.00. The van der Waals surface area contributed by atoms with Crippen molar-refractivity contribution in [1.82, 2.24) is 0 Å². The van der Waals surface area contributed by atoms with Gasteiger partial charge in [0.2, 0.25) is 0 Å². The number of carboxylic acid groups (broad SMARTS) is 1. The molecule has 144 valence electrons. The molecular weight excluding hydrogens is 354 g/mol. The largest absolute Gasteiger partial charge is 0.481 e. The van der Waals surface area contributed by atoms with Crippen LogP contribution < -0.4 is 4.72 Å². The summed E-state index contributed by atoms with van der Waals surface area (Å²) in [6.45, 7) is 11.6. The minimum atomic E-state index is -0.805. The molecule has 0 radical (unpaired) electrons. The van der Waals surface area contributed by atoms with Crippen molar-refractivity contribution in [3.63, 3.8) is 0 Å². The van der Waals surface area contributed by atoms with Gasteiger partial charge in [-0.25, -0.2) is 0 Å². The number of nitrogens with one attached hydrogen (secondary N) is 1. The maximum absolute atomic E-state index is 10.8. The summed E-state index contributed by atoms with van der Waals surface area (Å²) in [7, 11) is 0. The van der Waals surface area contributed by atoms with E-state index in [1.54, 1.807) is 11.9 Å². The molecule has 27 heavy (non-hydrogen) atoms. The molecule has 0 saturated carbocycles. The monoisotopic (exact) mass is 383 g/mol. The quantitative estimate of drug-likeness (QED) is 0.613. The predicted octanol–water partition coefficient (Wildman–Crippen LogP) is 6.09. The summed E-state index contributed by atoms with van der Waals surface area (Å²) in [5.41, 5.74) is 6.46. The number of carboxylic acids is 1. The van der Waals surface area contributed by atoms with E-state index in [-0.39, 0.29) is 17.3 Å². The summed E-state index contributed by atoms with van der Waals surface area (Å²) >= 11 is 1.63. The van der Waals surface area contributed by atoms with Gasteiger partial charge in [0, 0.05) is 10.6 Å². The van der Waals surface area contributed by atoms with Crippen LogP contribution in [0.25, 0.3) is 0 Å². The van der Waals surface area contributed by atoms with E-state index < -0.39 is 5.97 Å². The summed E-state index contributed by atoms with van der Waals surface area (Å²) in [4.78, 5) is 12.0. The Morgan fingerprint density at radius 3 is 2.15 bits per heavy atom. The summed E-state index contributed by atoms with van der Waals surface area (Å²) in [5.74, 6) is -0.805. The molecule has 2 N–H and O–H groups in total. The molecule has 0 fully saturated rings. The van der Waals surface area contributed by atoms with Crippen molar-refractivity contribution in [3.8, 4) is 0 Å². The SMILES string of the molecule is Cc1cc2c(cc1SNc1ccc(CC(=O)O)cc1)C(C)(C)CCC2(C)C. The van der Waals surface area contributed by atoms with Gasteiger partial charge < -0.3 is 9.83 Å². The Labute approximate surface area is 166 Å². The van der Waals surface area contributed by atoms with Crippen LogP contribution >= 0.6 is 11.9 Å². The summed E-state index contributed by atoms with van der Waals surface area (Å²) in [6.07, 6.45) is 2.49. The number of aryl methyl sites for hydroxylation is 1. The van der Waals surface area contributed by atoms with Crippen molar-refractivity contribution in [3.05, 3.63) is 58.7 Å². The highest BCUT2D eigenvalue weighted by Gasteiger charge is 2.37. The smallest absolute Gasteiger partial charge is 0.307 e. The average molecular weight is 384 g/mol. The minimum Gasteiger partial charge on any atom is -0.481 e. The molecule has 2 aromatic rings. The highest BCUT2D eigenvalue weighted by Crippen LogP contribution is 2.47. The van der Waals surface area contributed by atoms with Crippen LogP contribution in [-0.2, 0) is 22.0 Å². The van der Waals surface area contributed by atoms with E-state index in [0.29, 0.717) is 0 Å². The second-order valence-corrected chi connectivity index (χ2v) is 9.75. The lowest BCUT2D eigenvalue weighted by molar-refractivity contribution is -0.136. The maximum Gasteiger partial charge on any atom is 0.307 e. The van der Waals surface area contributed by atoms with Crippen molar-refractivity contribution in [1.29, 1.82) is 0 Å². The topological polar surface area (TPSA) is 49.3 Å². The van der Waals surface area contributed by atoms with Crippen molar-refractivity contribution in [2.45, 2.75) is 69.6 Å². The third kappa shape index (κ3) is 4.32. The summed E-state index contributed by atoms with van der Waals surface area (Å²) < 4.78 is 3.41. The lowest BCUT2D eigenvalue weighted by Crippen LogP contribution is -2.34. The predicted molar refractivity (Wildman–Crippen MR) is 114 cm³/mol. The molecule has 3 rings (SSSR count). The van der Waals surface area contributed by atoms with E-state index in [1.807, 2.05) is 24.3 Å². The molecule has 0 heterocycles. The van der Waals surface area contributed by atoms with Gasteiger partial charge in [-0.05, 0) is 83.0 Å². The molecule has 0 spiro atoms. The molecule has 2 aromatic carbocycles. The number of benzene rings is 2. The second kappa shape index (κ2) is 7.23. The third-order valence-electron chi connectivity index (χ3n) is 5.74. The fourth-order valence-electron chi connectivity index (χ4n) is 3.79. The first-order valence-electron chi connectivity index (χ1n) is 9.48. The normalized spacial score (nSPS) is 17.2. The zero-order valence-corrected chi connectivity index (χ0v) is 17.7. The number of rotatable bonds is 5. The molecule has 0 aromatic heterocycles. The number of hydrogen-bond donors (Lipinski definition) is 2. The van der Waals surface area contributed by atoms with E-state index >= 15 is 0 Å². The van der Waals surface area contributed by atoms with E-state index in [2.05, 4.69) is 51.5 Å². The van der Waals surface area contributed by atoms with Gasteiger partial charge in [-0.1, -0.05) is 45.9 Å². The van der Waals surface area contributed by atoms with E-state index in [9.17, 15) is 4.79 Å². The molecule has 0 amide bonds. The number of anilines is 1. The Morgan fingerprint density at radius 2 is 1.59 bits per heavy atom. The first-order chi connectivity index (χ1) is 12.6. The van der Waals surface area contributed by atoms with Gasteiger partial charge in [-0.3, -0.25) is 4.79 Å². The van der Waals surface area contributed by atoms with Gasteiger partial charge in [-0.15, -0.1) is 0 Å². The standard InChI is InChI=1S/C23H29NO2S/c1-15-12-18-19(23(4,5)11-10-22(18,2)3)14-20(15)27-24-17-8-6-16(7-9-17)13-21(25)26/h6-9,12,14,24H,10-11,13H2,1-5H3,(H,25,26). The molecule has 0 aliphatic heterocycles. The van der Waals surface area contributed by atoms with E-state index in [1.165, 1.54) is 34.4 Å². The highest BCUT2D eigenvalue weighted by atomic mass is 32.2. The van der Waals surface area contributed by atoms with E-state index in [4.69, 9.17) is 5.11 Å². The van der Waals surface area contributed by atoms with Crippen LogP contribution in [0.2, 0.25) is 0 Å². The Hall–Kier alpha value is -1.94. The molecule has 0 bridgehead atoms. The Kier molecular flexibility index (Phi) is 5.31. The molecular formula is C23H29NO2S. The molecule has 1 aliphatic carbocycles. The Bertz CT molecular complexity index is 853. The van der Waals surface area contributed by atoms with Crippen molar-refractivity contribution in [2.75, 3.05) is 4.72 Å². The molecule has 0 atom stereocenters. The van der Waals surface area contributed by atoms with Crippen LogP contribution in [0, 0.1) is 6.92 Å². The Morgan fingerprint density at radius 1 is 1.04 bits per heavy atom. The van der Waals surface area contributed by atoms with E-state index in [0.717, 1.165) is 11.3 Å². The van der Waals surface area contributed by atoms with Gasteiger partial charge in [-0.2, -0.15) is 0 Å².